The van der Waals surface area contributed by atoms with Gasteiger partial charge in [-0.05, 0) is 43.9 Å². The molecule has 5 nitrogen and oxygen atoms in total. The molecule has 21 heavy (non-hydrogen) atoms. The number of rotatable bonds is 3. The lowest BCUT2D eigenvalue weighted by molar-refractivity contribution is -0.143. The van der Waals surface area contributed by atoms with E-state index < -0.39 is 5.97 Å². The van der Waals surface area contributed by atoms with Crippen molar-refractivity contribution in [1.82, 2.24) is 0 Å². The molecule has 0 heterocycles. The van der Waals surface area contributed by atoms with Gasteiger partial charge >= 0.3 is 5.97 Å². The molecule has 0 bridgehead atoms. The summed E-state index contributed by atoms with van der Waals surface area (Å²) in [7, 11) is 1.70. The summed E-state index contributed by atoms with van der Waals surface area (Å²) in [5, 5.41) is 17.9. The molecule has 0 radical (unpaired) electrons. The first kappa shape index (κ1) is 15.0. The third-order valence-electron chi connectivity index (χ3n) is 4.12. The van der Waals surface area contributed by atoms with Crippen molar-refractivity contribution in [3.63, 3.8) is 0 Å². The van der Waals surface area contributed by atoms with Gasteiger partial charge in [-0.1, -0.05) is 6.07 Å². The molecule has 1 aromatic carbocycles. The van der Waals surface area contributed by atoms with Crippen LogP contribution in [0.4, 0.5) is 5.69 Å². The molecule has 1 fully saturated rings. The van der Waals surface area contributed by atoms with Crippen molar-refractivity contribution >= 4 is 17.6 Å². The second kappa shape index (κ2) is 6.40. The van der Waals surface area contributed by atoms with Gasteiger partial charge in [0.25, 0.3) is 0 Å². The molecule has 0 atom stereocenters. The molecule has 1 saturated carbocycles. The van der Waals surface area contributed by atoms with Crippen molar-refractivity contribution in [2.75, 3.05) is 11.9 Å². The number of nitriles is 1. The molecule has 0 unspecified atom stereocenters. The van der Waals surface area contributed by atoms with Crippen LogP contribution in [0.15, 0.2) is 24.3 Å². The van der Waals surface area contributed by atoms with Crippen molar-refractivity contribution in [2.24, 2.45) is 11.8 Å². The summed E-state index contributed by atoms with van der Waals surface area (Å²) in [6.07, 6.45) is 2.33. The zero-order chi connectivity index (χ0) is 15.4. The monoisotopic (exact) mass is 286 g/mol. The number of anilines is 1. The van der Waals surface area contributed by atoms with Crippen LogP contribution in [0, 0.1) is 23.2 Å². The van der Waals surface area contributed by atoms with Gasteiger partial charge in [-0.2, -0.15) is 5.26 Å². The minimum Gasteiger partial charge on any atom is -0.481 e. The smallest absolute Gasteiger partial charge is 0.306 e. The Morgan fingerprint density at radius 2 is 1.86 bits per heavy atom. The Morgan fingerprint density at radius 3 is 2.43 bits per heavy atom. The van der Waals surface area contributed by atoms with E-state index in [0.29, 0.717) is 36.9 Å². The van der Waals surface area contributed by atoms with Crippen molar-refractivity contribution in [3.8, 4) is 6.07 Å². The van der Waals surface area contributed by atoms with Crippen LogP contribution in [0.2, 0.25) is 0 Å². The maximum absolute atomic E-state index is 12.5. The highest BCUT2D eigenvalue weighted by molar-refractivity contribution is 5.94. The maximum Gasteiger partial charge on any atom is 0.306 e. The van der Waals surface area contributed by atoms with Crippen LogP contribution in [-0.4, -0.2) is 24.0 Å². The highest BCUT2D eigenvalue weighted by atomic mass is 16.4. The molecule has 1 aromatic rings. The molecular formula is C16H18N2O3. The highest BCUT2D eigenvalue weighted by Gasteiger charge is 2.31. The lowest BCUT2D eigenvalue weighted by atomic mass is 9.81. The van der Waals surface area contributed by atoms with Crippen LogP contribution in [0.3, 0.4) is 0 Å². The van der Waals surface area contributed by atoms with Crippen LogP contribution < -0.4 is 4.90 Å². The van der Waals surface area contributed by atoms with Gasteiger partial charge in [0, 0.05) is 18.7 Å². The van der Waals surface area contributed by atoms with E-state index in [-0.39, 0.29) is 17.7 Å². The molecule has 0 spiro atoms. The fraction of sp³-hybridized carbons (Fsp3) is 0.438. The lowest BCUT2D eigenvalue weighted by Crippen LogP contribution is -2.36. The molecule has 110 valence electrons. The second-order valence-electron chi connectivity index (χ2n) is 5.45. The van der Waals surface area contributed by atoms with Crippen molar-refractivity contribution in [2.45, 2.75) is 25.7 Å². The van der Waals surface area contributed by atoms with E-state index in [1.54, 1.807) is 36.2 Å². The third-order valence-corrected chi connectivity index (χ3v) is 4.12. The Labute approximate surface area is 123 Å². The molecular weight excluding hydrogens is 268 g/mol. The first-order chi connectivity index (χ1) is 10.0. The number of hydrogen-bond donors (Lipinski definition) is 1. The first-order valence-corrected chi connectivity index (χ1v) is 7.03. The van der Waals surface area contributed by atoms with Crippen molar-refractivity contribution < 1.29 is 14.7 Å². The minimum atomic E-state index is -0.768. The number of amides is 1. The van der Waals surface area contributed by atoms with Crippen LogP contribution in [-0.2, 0) is 9.59 Å². The number of carboxylic acids is 1. The van der Waals surface area contributed by atoms with E-state index in [0.717, 1.165) is 0 Å². The largest absolute Gasteiger partial charge is 0.481 e. The van der Waals surface area contributed by atoms with Crippen LogP contribution in [0.5, 0.6) is 0 Å². The fourth-order valence-corrected chi connectivity index (χ4v) is 2.77. The van der Waals surface area contributed by atoms with Gasteiger partial charge in [-0.3, -0.25) is 9.59 Å². The van der Waals surface area contributed by atoms with E-state index in [2.05, 4.69) is 6.07 Å². The zero-order valence-corrected chi connectivity index (χ0v) is 12.0. The Kier molecular flexibility index (Phi) is 4.59. The number of carboxylic acid groups (broad SMARTS) is 1. The van der Waals surface area contributed by atoms with Crippen LogP contribution in [0.25, 0.3) is 0 Å². The Morgan fingerprint density at radius 1 is 1.24 bits per heavy atom. The summed E-state index contributed by atoms with van der Waals surface area (Å²) in [6.45, 7) is 0. The average Bonchev–Trinajstić information content (AvgIpc) is 2.53. The van der Waals surface area contributed by atoms with Gasteiger partial charge in [0.1, 0.15) is 0 Å². The summed E-state index contributed by atoms with van der Waals surface area (Å²) >= 11 is 0. The lowest BCUT2D eigenvalue weighted by Gasteiger charge is -2.29. The van der Waals surface area contributed by atoms with Gasteiger partial charge in [0.2, 0.25) is 5.91 Å². The molecule has 0 saturated heterocycles. The zero-order valence-electron chi connectivity index (χ0n) is 12.0. The fourth-order valence-electron chi connectivity index (χ4n) is 2.77. The van der Waals surface area contributed by atoms with Crippen LogP contribution in [0.1, 0.15) is 31.2 Å². The van der Waals surface area contributed by atoms with E-state index in [1.807, 2.05) is 0 Å². The van der Waals surface area contributed by atoms with E-state index >= 15 is 0 Å². The van der Waals surface area contributed by atoms with Gasteiger partial charge in [0.15, 0.2) is 0 Å². The third kappa shape index (κ3) is 3.40. The van der Waals surface area contributed by atoms with E-state index in [9.17, 15) is 9.59 Å². The number of benzene rings is 1. The summed E-state index contributed by atoms with van der Waals surface area (Å²) < 4.78 is 0. The summed E-state index contributed by atoms with van der Waals surface area (Å²) in [4.78, 5) is 25.0. The highest BCUT2D eigenvalue weighted by Crippen LogP contribution is 2.31. The normalized spacial score (nSPS) is 21.3. The second-order valence-corrected chi connectivity index (χ2v) is 5.45. The van der Waals surface area contributed by atoms with Crippen LogP contribution >= 0.6 is 0 Å². The quantitative estimate of drug-likeness (QED) is 0.925. The molecule has 0 aliphatic heterocycles. The summed E-state index contributed by atoms with van der Waals surface area (Å²) in [6, 6.07) is 8.97. The number of hydrogen-bond acceptors (Lipinski definition) is 3. The molecule has 1 aliphatic rings. The minimum absolute atomic E-state index is 0.00562. The predicted molar refractivity (Wildman–Crippen MR) is 77.7 cm³/mol. The van der Waals surface area contributed by atoms with Crippen molar-refractivity contribution in [1.29, 1.82) is 5.26 Å². The van der Waals surface area contributed by atoms with Gasteiger partial charge < -0.3 is 10.0 Å². The maximum atomic E-state index is 12.5. The molecule has 5 heteroatoms. The average molecular weight is 286 g/mol. The number of nitrogens with zero attached hydrogens (tertiary/aromatic N) is 2. The Hall–Kier alpha value is -2.35. The molecule has 2 rings (SSSR count). The molecule has 0 aromatic heterocycles. The molecule has 1 aliphatic carbocycles. The topological polar surface area (TPSA) is 81.4 Å². The van der Waals surface area contributed by atoms with E-state index in [4.69, 9.17) is 10.4 Å². The Balaban J connectivity index is 2.03. The van der Waals surface area contributed by atoms with Gasteiger partial charge in [-0.25, -0.2) is 0 Å². The van der Waals surface area contributed by atoms with Crippen molar-refractivity contribution in [3.05, 3.63) is 29.8 Å². The summed E-state index contributed by atoms with van der Waals surface area (Å²) in [5.41, 5.74) is 1.21. The molecule has 1 N–H and O–H groups in total. The van der Waals surface area contributed by atoms with Gasteiger partial charge in [0.05, 0.1) is 17.6 Å². The Bertz CT molecular complexity index is 583. The standard InChI is InChI=1S/C16H18N2O3/c1-18(14-4-2-3-11(9-14)10-17)15(19)12-5-7-13(8-6-12)16(20)21/h2-4,9,12-13H,5-8H2,1H3,(H,20,21). The number of carbonyl (C=O) groups excluding carboxylic acids is 1. The summed E-state index contributed by atoms with van der Waals surface area (Å²) in [5.74, 6) is -1.22. The SMILES string of the molecule is CN(C(=O)C1CCC(C(=O)O)CC1)c1cccc(C#N)c1. The van der Waals surface area contributed by atoms with Gasteiger partial charge in [-0.15, -0.1) is 0 Å². The predicted octanol–water partition coefficient (Wildman–Crippen LogP) is 2.41. The number of aliphatic carboxylic acids is 1. The van der Waals surface area contributed by atoms with E-state index in [1.165, 1.54) is 0 Å². The number of carbonyl (C=O) groups is 2. The molecule has 1 amide bonds. The first-order valence-electron chi connectivity index (χ1n) is 7.03.